The fraction of sp³-hybridized carbons (Fsp3) is 0.100. The molecule has 27 heavy (non-hydrogen) atoms. The fourth-order valence-corrected chi connectivity index (χ4v) is 2.75. The van der Waals surface area contributed by atoms with Crippen molar-refractivity contribution in [2.75, 3.05) is 0 Å². The highest BCUT2D eigenvalue weighted by molar-refractivity contribution is 6.30. The molecule has 0 spiro atoms. The van der Waals surface area contributed by atoms with Gasteiger partial charge in [0, 0.05) is 36.1 Å². The van der Waals surface area contributed by atoms with E-state index in [-0.39, 0.29) is 5.56 Å². The van der Waals surface area contributed by atoms with Crippen molar-refractivity contribution in [1.82, 2.24) is 14.9 Å². The third-order valence-electron chi connectivity index (χ3n) is 4.01. The lowest BCUT2D eigenvalue weighted by molar-refractivity contribution is -0.117. The van der Waals surface area contributed by atoms with Gasteiger partial charge in [-0.2, -0.15) is 0 Å². The van der Waals surface area contributed by atoms with Crippen molar-refractivity contribution in [2.45, 2.75) is 6.04 Å². The van der Waals surface area contributed by atoms with Crippen LogP contribution in [0.5, 0.6) is 0 Å². The van der Waals surface area contributed by atoms with Gasteiger partial charge in [-0.05, 0) is 35.9 Å². The van der Waals surface area contributed by atoms with Crippen molar-refractivity contribution in [3.8, 4) is 0 Å². The number of amides is 1. The molecule has 3 aromatic rings. The van der Waals surface area contributed by atoms with Gasteiger partial charge in [0.15, 0.2) is 0 Å². The zero-order chi connectivity index (χ0) is 19.4. The van der Waals surface area contributed by atoms with E-state index in [4.69, 9.17) is 11.6 Å². The molecule has 1 atom stereocenters. The first-order valence-electron chi connectivity index (χ1n) is 8.11. The minimum Gasteiger partial charge on any atom is -0.339 e. The van der Waals surface area contributed by atoms with Gasteiger partial charge in [-0.15, -0.1) is 0 Å². The Labute approximate surface area is 160 Å². The molecule has 0 aliphatic heterocycles. The molecular weight excluding hydrogens is 372 g/mol. The smallest absolute Gasteiger partial charge is 0.244 e. The summed E-state index contributed by atoms with van der Waals surface area (Å²) in [4.78, 5) is 16.7. The second-order valence-corrected chi connectivity index (χ2v) is 6.29. The Balaban J connectivity index is 1.86. The number of aryl methyl sites for hydroxylation is 1. The summed E-state index contributed by atoms with van der Waals surface area (Å²) in [7, 11) is 1.81. The lowest BCUT2D eigenvalue weighted by Crippen LogP contribution is -2.29. The molecule has 4 nitrogen and oxygen atoms in total. The third-order valence-corrected chi connectivity index (χ3v) is 4.26. The zero-order valence-corrected chi connectivity index (χ0v) is 15.1. The molecule has 1 amide bonds. The van der Waals surface area contributed by atoms with Gasteiger partial charge in [-0.3, -0.25) is 4.79 Å². The van der Waals surface area contributed by atoms with Gasteiger partial charge in [0.25, 0.3) is 0 Å². The Morgan fingerprint density at radius 1 is 1.19 bits per heavy atom. The second-order valence-electron chi connectivity index (χ2n) is 5.86. The maximum absolute atomic E-state index is 13.7. The van der Waals surface area contributed by atoms with Crippen LogP contribution >= 0.6 is 11.6 Å². The molecule has 1 heterocycles. The number of benzene rings is 2. The van der Waals surface area contributed by atoms with Crippen LogP contribution in [-0.2, 0) is 11.8 Å². The maximum Gasteiger partial charge on any atom is 0.244 e. The van der Waals surface area contributed by atoms with Crippen molar-refractivity contribution in [3.63, 3.8) is 0 Å². The van der Waals surface area contributed by atoms with Gasteiger partial charge in [-0.25, -0.2) is 13.8 Å². The van der Waals surface area contributed by atoms with Crippen LogP contribution in [0.25, 0.3) is 6.08 Å². The SMILES string of the molecule is Cn1ccnc1C(NC(=O)C=Cc1c(F)cccc1F)c1ccc(Cl)cc1. The molecule has 1 N–H and O–H groups in total. The Bertz CT molecular complexity index is 963. The van der Waals surface area contributed by atoms with E-state index in [0.29, 0.717) is 10.8 Å². The zero-order valence-electron chi connectivity index (χ0n) is 14.4. The van der Waals surface area contributed by atoms with Gasteiger partial charge in [-0.1, -0.05) is 29.8 Å². The van der Waals surface area contributed by atoms with Crippen LogP contribution in [0, 0.1) is 11.6 Å². The number of rotatable bonds is 5. The number of hydrogen-bond donors (Lipinski definition) is 1. The number of carbonyl (C=O) groups excluding carboxylic acids is 1. The predicted molar refractivity (Wildman–Crippen MR) is 100 cm³/mol. The first-order valence-corrected chi connectivity index (χ1v) is 8.49. The summed E-state index contributed by atoms with van der Waals surface area (Å²) in [6.07, 6.45) is 5.58. The van der Waals surface area contributed by atoms with E-state index in [1.807, 2.05) is 7.05 Å². The molecule has 0 fully saturated rings. The number of aromatic nitrogens is 2. The maximum atomic E-state index is 13.7. The van der Waals surface area contributed by atoms with Crippen molar-refractivity contribution < 1.29 is 13.6 Å². The Morgan fingerprint density at radius 3 is 2.44 bits per heavy atom. The Hall–Kier alpha value is -2.99. The standard InChI is InChI=1S/C20H16ClF2N3O/c1-26-12-11-24-20(26)19(13-5-7-14(21)8-6-13)25-18(27)10-9-15-16(22)3-2-4-17(15)23/h2-12,19H,1H3,(H,25,27). The van der Waals surface area contributed by atoms with E-state index < -0.39 is 23.6 Å². The summed E-state index contributed by atoms with van der Waals surface area (Å²) in [6, 6.07) is 9.96. The molecule has 0 aliphatic rings. The van der Waals surface area contributed by atoms with Gasteiger partial charge in [0.2, 0.25) is 5.91 Å². The molecule has 0 saturated heterocycles. The second kappa shape index (κ2) is 8.14. The van der Waals surface area contributed by atoms with E-state index in [1.165, 1.54) is 6.07 Å². The summed E-state index contributed by atoms with van der Waals surface area (Å²) >= 11 is 5.94. The highest BCUT2D eigenvalue weighted by Gasteiger charge is 2.20. The minimum absolute atomic E-state index is 0.271. The average molecular weight is 388 g/mol. The summed E-state index contributed by atoms with van der Waals surface area (Å²) in [5.74, 6) is -1.38. The third kappa shape index (κ3) is 4.41. The molecule has 7 heteroatoms. The van der Waals surface area contributed by atoms with E-state index in [1.54, 1.807) is 41.2 Å². The molecular formula is C20H16ClF2N3O. The molecule has 138 valence electrons. The van der Waals surface area contributed by atoms with Crippen molar-refractivity contribution in [2.24, 2.45) is 7.05 Å². The molecule has 0 aliphatic carbocycles. The van der Waals surface area contributed by atoms with Gasteiger partial charge in [0.1, 0.15) is 23.5 Å². The first kappa shape index (κ1) is 18.8. The van der Waals surface area contributed by atoms with Crippen LogP contribution in [0.4, 0.5) is 8.78 Å². The quantitative estimate of drug-likeness (QED) is 0.664. The summed E-state index contributed by atoms with van der Waals surface area (Å²) in [5, 5.41) is 3.38. The van der Waals surface area contributed by atoms with E-state index >= 15 is 0 Å². The summed E-state index contributed by atoms with van der Waals surface area (Å²) in [6.45, 7) is 0. The minimum atomic E-state index is -0.739. The van der Waals surface area contributed by atoms with Crippen LogP contribution in [-0.4, -0.2) is 15.5 Å². The summed E-state index contributed by atoms with van der Waals surface area (Å²) in [5.41, 5.74) is 0.500. The van der Waals surface area contributed by atoms with E-state index in [2.05, 4.69) is 10.3 Å². The van der Waals surface area contributed by atoms with Crippen LogP contribution in [0.15, 0.2) is 60.9 Å². The first-order chi connectivity index (χ1) is 13.0. The van der Waals surface area contributed by atoms with Crippen molar-refractivity contribution in [1.29, 1.82) is 0 Å². The Morgan fingerprint density at radius 2 is 1.85 bits per heavy atom. The van der Waals surface area contributed by atoms with Crippen molar-refractivity contribution in [3.05, 3.63) is 94.5 Å². The fourth-order valence-electron chi connectivity index (χ4n) is 2.63. The monoisotopic (exact) mass is 387 g/mol. The number of carbonyl (C=O) groups is 1. The van der Waals surface area contributed by atoms with E-state index in [0.717, 1.165) is 29.8 Å². The van der Waals surface area contributed by atoms with Gasteiger partial charge < -0.3 is 9.88 Å². The normalized spacial score (nSPS) is 12.3. The highest BCUT2D eigenvalue weighted by Crippen LogP contribution is 2.22. The average Bonchev–Trinajstić information content (AvgIpc) is 3.06. The molecule has 0 saturated carbocycles. The highest BCUT2D eigenvalue weighted by atomic mass is 35.5. The predicted octanol–water partition coefficient (Wildman–Crippen LogP) is 4.27. The number of halogens is 3. The molecule has 2 aromatic carbocycles. The molecule has 0 radical (unpaired) electrons. The lowest BCUT2D eigenvalue weighted by Gasteiger charge is -2.18. The number of imidazole rings is 1. The number of hydrogen-bond acceptors (Lipinski definition) is 2. The van der Waals surface area contributed by atoms with Crippen LogP contribution in [0.2, 0.25) is 5.02 Å². The van der Waals surface area contributed by atoms with Crippen LogP contribution < -0.4 is 5.32 Å². The molecule has 0 bridgehead atoms. The number of nitrogens with zero attached hydrogens (tertiary/aromatic N) is 2. The largest absolute Gasteiger partial charge is 0.339 e. The van der Waals surface area contributed by atoms with Gasteiger partial charge in [0.05, 0.1) is 0 Å². The van der Waals surface area contributed by atoms with Gasteiger partial charge >= 0.3 is 0 Å². The van der Waals surface area contributed by atoms with Crippen LogP contribution in [0.3, 0.4) is 0 Å². The molecule has 3 rings (SSSR count). The van der Waals surface area contributed by atoms with Crippen molar-refractivity contribution >= 4 is 23.6 Å². The topological polar surface area (TPSA) is 46.9 Å². The van der Waals surface area contributed by atoms with E-state index in [9.17, 15) is 13.6 Å². The summed E-state index contributed by atoms with van der Waals surface area (Å²) < 4.78 is 29.2. The molecule has 1 unspecified atom stereocenters. The van der Waals surface area contributed by atoms with Crippen LogP contribution in [0.1, 0.15) is 23.0 Å². The molecule has 1 aromatic heterocycles. The Kier molecular flexibility index (Phi) is 5.66. The number of nitrogens with one attached hydrogen (secondary N) is 1. The lowest BCUT2D eigenvalue weighted by atomic mass is 10.1.